The van der Waals surface area contributed by atoms with Gasteiger partial charge in [-0.3, -0.25) is 4.90 Å². The lowest BCUT2D eigenvalue weighted by Gasteiger charge is -2.34. The van der Waals surface area contributed by atoms with Crippen LogP contribution in [0.15, 0.2) is 0 Å². The maximum atomic E-state index is 5.81. The normalized spacial score (nSPS) is 29.6. The first-order chi connectivity index (χ1) is 7.66. The molecule has 1 N–H and O–H groups in total. The van der Waals surface area contributed by atoms with Crippen LogP contribution in [-0.4, -0.2) is 49.3 Å². The van der Waals surface area contributed by atoms with Gasteiger partial charge in [-0.25, -0.2) is 0 Å². The second kappa shape index (κ2) is 5.48. The Balaban J connectivity index is 1.68. The summed E-state index contributed by atoms with van der Waals surface area (Å²) in [6, 6.07) is 1.47. The second-order valence-corrected chi connectivity index (χ2v) is 5.66. The van der Waals surface area contributed by atoms with Gasteiger partial charge in [0.25, 0.3) is 0 Å². The van der Waals surface area contributed by atoms with E-state index < -0.39 is 0 Å². The Hall–Kier alpha value is -0.120. The number of rotatable bonds is 5. The first kappa shape index (κ1) is 12.3. The summed E-state index contributed by atoms with van der Waals surface area (Å²) in [6.07, 6.45) is 3.21. The number of hydrogen-bond acceptors (Lipinski definition) is 3. The van der Waals surface area contributed by atoms with Gasteiger partial charge in [0.1, 0.15) is 0 Å². The van der Waals surface area contributed by atoms with Crippen molar-refractivity contribution in [3.05, 3.63) is 0 Å². The molecule has 1 aliphatic carbocycles. The Kier molecular flexibility index (Phi) is 4.22. The SMILES string of the molecule is CC(C)C(C)NCC1CN(C2CC2)CCO1. The second-order valence-electron chi connectivity index (χ2n) is 5.66. The Labute approximate surface area is 99.5 Å². The standard InChI is InChI=1S/C13H26N2O/c1-10(2)11(3)14-8-13-9-15(6-7-16-13)12-4-5-12/h10-14H,4-9H2,1-3H3. The molecule has 2 aliphatic rings. The largest absolute Gasteiger partial charge is 0.374 e. The van der Waals surface area contributed by atoms with E-state index in [1.54, 1.807) is 0 Å². The van der Waals surface area contributed by atoms with Crippen molar-refractivity contribution < 1.29 is 4.74 Å². The van der Waals surface area contributed by atoms with E-state index in [-0.39, 0.29) is 0 Å². The van der Waals surface area contributed by atoms with Crippen LogP contribution in [0.25, 0.3) is 0 Å². The summed E-state index contributed by atoms with van der Waals surface area (Å²) in [6.45, 7) is 11.0. The summed E-state index contributed by atoms with van der Waals surface area (Å²) in [5, 5.41) is 3.58. The number of morpholine rings is 1. The molecule has 0 radical (unpaired) electrons. The molecule has 1 heterocycles. The zero-order chi connectivity index (χ0) is 11.5. The molecule has 2 fully saturated rings. The third-order valence-corrected chi connectivity index (χ3v) is 3.90. The first-order valence-corrected chi connectivity index (χ1v) is 6.76. The summed E-state index contributed by atoms with van der Waals surface area (Å²) in [7, 11) is 0. The van der Waals surface area contributed by atoms with Crippen molar-refractivity contribution in [2.75, 3.05) is 26.2 Å². The highest BCUT2D eigenvalue weighted by Gasteiger charge is 2.32. The van der Waals surface area contributed by atoms with Crippen molar-refractivity contribution >= 4 is 0 Å². The third-order valence-electron chi connectivity index (χ3n) is 3.90. The predicted octanol–water partition coefficient (Wildman–Crippen LogP) is 1.48. The Bertz CT molecular complexity index is 216. The molecule has 0 spiro atoms. The summed E-state index contributed by atoms with van der Waals surface area (Å²) >= 11 is 0. The summed E-state index contributed by atoms with van der Waals surface area (Å²) in [5.41, 5.74) is 0. The van der Waals surface area contributed by atoms with Gasteiger partial charge in [0, 0.05) is 31.7 Å². The number of nitrogens with one attached hydrogen (secondary N) is 1. The van der Waals surface area contributed by atoms with Crippen LogP contribution >= 0.6 is 0 Å². The highest BCUT2D eigenvalue weighted by molar-refractivity contribution is 4.88. The van der Waals surface area contributed by atoms with Gasteiger partial charge < -0.3 is 10.1 Å². The smallest absolute Gasteiger partial charge is 0.0826 e. The van der Waals surface area contributed by atoms with Gasteiger partial charge in [0.05, 0.1) is 12.7 Å². The lowest BCUT2D eigenvalue weighted by molar-refractivity contribution is -0.0313. The van der Waals surface area contributed by atoms with E-state index >= 15 is 0 Å². The van der Waals surface area contributed by atoms with Crippen molar-refractivity contribution in [3.63, 3.8) is 0 Å². The minimum absolute atomic E-state index is 0.399. The van der Waals surface area contributed by atoms with Crippen molar-refractivity contribution in [1.82, 2.24) is 10.2 Å². The van der Waals surface area contributed by atoms with Crippen LogP contribution in [0, 0.1) is 5.92 Å². The average Bonchev–Trinajstić information content (AvgIpc) is 3.10. The maximum Gasteiger partial charge on any atom is 0.0826 e. The molecule has 2 rings (SSSR count). The van der Waals surface area contributed by atoms with Gasteiger partial charge in [0.2, 0.25) is 0 Å². The van der Waals surface area contributed by atoms with E-state index in [1.807, 2.05) is 0 Å². The monoisotopic (exact) mass is 226 g/mol. The molecule has 1 saturated carbocycles. The first-order valence-electron chi connectivity index (χ1n) is 6.76. The van der Waals surface area contributed by atoms with Gasteiger partial charge in [-0.1, -0.05) is 13.8 Å². The highest BCUT2D eigenvalue weighted by Crippen LogP contribution is 2.28. The quantitative estimate of drug-likeness (QED) is 0.768. The molecule has 0 aromatic carbocycles. The molecule has 0 bridgehead atoms. The molecule has 1 saturated heterocycles. The Morgan fingerprint density at radius 1 is 1.31 bits per heavy atom. The molecule has 0 aromatic heterocycles. The van der Waals surface area contributed by atoms with E-state index in [4.69, 9.17) is 4.74 Å². The molecule has 3 heteroatoms. The minimum atomic E-state index is 0.399. The zero-order valence-corrected chi connectivity index (χ0v) is 10.9. The molecule has 0 amide bonds. The van der Waals surface area contributed by atoms with Gasteiger partial charge in [-0.05, 0) is 25.7 Å². The van der Waals surface area contributed by atoms with Crippen molar-refractivity contribution in [2.24, 2.45) is 5.92 Å². The van der Waals surface area contributed by atoms with E-state index in [9.17, 15) is 0 Å². The number of hydrogen-bond donors (Lipinski definition) is 1. The molecular formula is C13H26N2O. The molecular weight excluding hydrogens is 200 g/mol. The van der Waals surface area contributed by atoms with E-state index in [1.165, 1.54) is 12.8 Å². The van der Waals surface area contributed by atoms with E-state index in [0.29, 0.717) is 18.1 Å². The van der Waals surface area contributed by atoms with Crippen LogP contribution in [0.4, 0.5) is 0 Å². The Morgan fingerprint density at radius 2 is 2.06 bits per heavy atom. The Morgan fingerprint density at radius 3 is 2.69 bits per heavy atom. The minimum Gasteiger partial charge on any atom is -0.374 e. The maximum absolute atomic E-state index is 5.81. The molecule has 3 nitrogen and oxygen atoms in total. The number of ether oxygens (including phenoxy) is 1. The van der Waals surface area contributed by atoms with E-state index in [2.05, 4.69) is 31.0 Å². The molecule has 94 valence electrons. The predicted molar refractivity (Wildman–Crippen MR) is 66.6 cm³/mol. The molecule has 2 atom stereocenters. The summed E-state index contributed by atoms with van der Waals surface area (Å²) < 4.78 is 5.81. The summed E-state index contributed by atoms with van der Waals surface area (Å²) in [4.78, 5) is 2.61. The van der Waals surface area contributed by atoms with Crippen LogP contribution in [0.2, 0.25) is 0 Å². The highest BCUT2D eigenvalue weighted by atomic mass is 16.5. The molecule has 1 aliphatic heterocycles. The van der Waals surface area contributed by atoms with Crippen molar-refractivity contribution in [2.45, 2.75) is 51.8 Å². The topological polar surface area (TPSA) is 24.5 Å². The van der Waals surface area contributed by atoms with Gasteiger partial charge in [0.15, 0.2) is 0 Å². The van der Waals surface area contributed by atoms with Crippen molar-refractivity contribution in [3.8, 4) is 0 Å². The fourth-order valence-electron chi connectivity index (χ4n) is 2.19. The lowest BCUT2D eigenvalue weighted by Crippen LogP contribution is -2.49. The lowest BCUT2D eigenvalue weighted by atomic mass is 10.1. The van der Waals surface area contributed by atoms with Crippen LogP contribution < -0.4 is 5.32 Å². The average molecular weight is 226 g/mol. The van der Waals surface area contributed by atoms with Gasteiger partial charge in [-0.2, -0.15) is 0 Å². The fourth-order valence-corrected chi connectivity index (χ4v) is 2.19. The van der Waals surface area contributed by atoms with Crippen LogP contribution in [-0.2, 0) is 4.74 Å². The zero-order valence-electron chi connectivity index (χ0n) is 10.9. The molecule has 16 heavy (non-hydrogen) atoms. The van der Waals surface area contributed by atoms with Crippen LogP contribution in [0.1, 0.15) is 33.6 Å². The molecule has 2 unspecified atom stereocenters. The fraction of sp³-hybridized carbons (Fsp3) is 1.00. The van der Waals surface area contributed by atoms with Gasteiger partial charge >= 0.3 is 0 Å². The van der Waals surface area contributed by atoms with Crippen molar-refractivity contribution in [1.29, 1.82) is 0 Å². The van der Waals surface area contributed by atoms with Gasteiger partial charge in [-0.15, -0.1) is 0 Å². The molecule has 0 aromatic rings. The van der Waals surface area contributed by atoms with Crippen LogP contribution in [0.3, 0.4) is 0 Å². The van der Waals surface area contributed by atoms with Crippen LogP contribution in [0.5, 0.6) is 0 Å². The van der Waals surface area contributed by atoms with E-state index in [0.717, 1.165) is 32.3 Å². The number of nitrogens with zero attached hydrogens (tertiary/aromatic N) is 1. The third kappa shape index (κ3) is 3.44. The summed E-state index contributed by atoms with van der Waals surface area (Å²) in [5.74, 6) is 0.697.